The Morgan fingerprint density at radius 1 is 1.09 bits per heavy atom. The summed E-state index contributed by atoms with van der Waals surface area (Å²) in [6.07, 6.45) is -6.04. The predicted octanol–water partition coefficient (Wildman–Crippen LogP) is -1.21. The molecule has 1 fully saturated rings. The summed E-state index contributed by atoms with van der Waals surface area (Å²) < 4.78 is 11.9. The van der Waals surface area contributed by atoms with E-state index in [0.29, 0.717) is 0 Å². The van der Waals surface area contributed by atoms with Crippen LogP contribution in [0.4, 0.5) is 0 Å². The van der Waals surface area contributed by atoms with Crippen LogP contribution in [0.15, 0.2) is 18.2 Å². The highest BCUT2D eigenvalue weighted by atomic mass is 16.7. The van der Waals surface area contributed by atoms with E-state index >= 15 is 0 Å². The smallest absolute Gasteiger partial charge is 0.236 e. The van der Waals surface area contributed by atoms with Crippen LogP contribution in [-0.4, -0.2) is 104 Å². The van der Waals surface area contributed by atoms with Crippen molar-refractivity contribution in [2.24, 2.45) is 0 Å². The molecular weight excluding hydrogens is 596 g/mol. The summed E-state index contributed by atoms with van der Waals surface area (Å²) in [5, 5.41) is 67.2. The van der Waals surface area contributed by atoms with Crippen LogP contribution in [-0.2, 0) is 36.9 Å². The van der Waals surface area contributed by atoms with E-state index in [0.717, 1.165) is 0 Å². The average Bonchev–Trinajstić information content (AvgIpc) is 3.01. The quantitative estimate of drug-likeness (QED) is 0.102. The van der Waals surface area contributed by atoms with E-state index in [1.165, 1.54) is 32.2 Å². The molecule has 1 saturated heterocycles. The Bertz CT molecular complexity index is 1560. The van der Waals surface area contributed by atoms with Gasteiger partial charge in [-0.3, -0.25) is 19.2 Å². The zero-order valence-electron chi connectivity index (χ0n) is 24.4. The Labute approximate surface area is 256 Å². The number of hydroxylamine groups is 1. The lowest BCUT2D eigenvalue weighted by Gasteiger charge is -2.43. The number of aromatic hydroxyl groups is 2. The standard InChI is InChI=1S/C30H34N2O13/c1-12-25(37)16(32-19(36)9-31-43-2)6-20(44-12)45-17-8-30(42,18(35)11-34)7-15-22(17)29(41)24-23(27(15)39)26(38)14-5-3-4-13(10-33)21(14)28(24)40/h3-5,12,16-17,20,25,31,33-34,37,39,41-42H,6-11H2,1-2H3,(H,32,36)/t12?,16?,17-,20?,25?,30-/m0/s1. The number of nitrogens with one attached hydrogen (secondary N) is 2. The second-order valence-electron chi connectivity index (χ2n) is 11.3. The Balaban J connectivity index is 1.58. The van der Waals surface area contributed by atoms with Crippen LogP contribution >= 0.6 is 0 Å². The number of aliphatic hydroxyl groups is 4. The third-order valence-electron chi connectivity index (χ3n) is 8.56. The molecular formula is C30H34N2O13. The number of amides is 1. The van der Waals surface area contributed by atoms with Crippen LogP contribution in [0.1, 0.15) is 74.4 Å². The highest BCUT2D eigenvalue weighted by Crippen LogP contribution is 2.52. The molecule has 242 valence electrons. The van der Waals surface area contributed by atoms with Crippen molar-refractivity contribution in [3.05, 3.63) is 57.1 Å². The van der Waals surface area contributed by atoms with Gasteiger partial charge in [0.05, 0.1) is 49.6 Å². The van der Waals surface area contributed by atoms with Crippen LogP contribution in [0.2, 0.25) is 0 Å². The van der Waals surface area contributed by atoms with Crippen molar-refractivity contribution in [3.8, 4) is 11.5 Å². The third kappa shape index (κ3) is 5.62. The van der Waals surface area contributed by atoms with Gasteiger partial charge in [-0.25, -0.2) is 0 Å². The number of hydrogen-bond donors (Lipinski definition) is 8. The lowest BCUT2D eigenvalue weighted by Crippen LogP contribution is -2.56. The molecule has 2 aromatic carbocycles. The van der Waals surface area contributed by atoms with E-state index in [1.54, 1.807) is 0 Å². The van der Waals surface area contributed by atoms with Gasteiger partial charge < -0.3 is 50.3 Å². The number of carbonyl (C=O) groups is 4. The summed E-state index contributed by atoms with van der Waals surface area (Å²) in [6, 6.07) is 3.34. The topological polar surface area (TPSA) is 241 Å². The predicted molar refractivity (Wildman–Crippen MR) is 150 cm³/mol. The first-order chi connectivity index (χ1) is 21.4. The van der Waals surface area contributed by atoms with Gasteiger partial charge in [0.15, 0.2) is 23.6 Å². The molecule has 3 aliphatic rings. The summed E-state index contributed by atoms with van der Waals surface area (Å²) in [5.74, 6) is -4.72. The van der Waals surface area contributed by atoms with Crippen molar-refractivity contribution >= 4 is 23.3 Å². The molecule has 0 radical (unpaired) electrons. The molecule has 0 aromatic heterocycles. The Morgan fingerprint density at radius 2 is 1.80 bits per heavy atom. The first-order valence-corrected chi connectivity index (χ1v) is 14.2. The molecule has 1 amide bonds. The van der Waals surface area contributed by atoms with E-state index in [2.05, 4.69) is 15.6 Å². The van der Waals surface area contributed by atoms with Crippen LogP contribution in [0.3, 0.4) is 0 Å². The maximum Gasteiger partial charge on any atom is 0.236 e. The van der Waals surface area contributed by atoms with Gasteiger partial charge in [0.25, 0.3) is 0 Å². The minimum atomic E-state index is -2.33. The van der Waals surface area contributed by atoms with Gasteiger partial charge in [0, 0.05) is 41.5 Å². The summed E-state index contributed by atoms with van der Waals surface area (Å²) in [4.78, 5) is 57.1. The zero-order chi connectivity index (χ0) is 32.8. The van der Waals surface area contributed by atoms with Gasteiger partial charge in [0.1, 0.15) is 29.8 Å². The maximum absolute atomic E-state index is 13.8. The monoisotopic (exact) mass is 630 g/mol. The van der Waals surface area contributed by atoms with Crippen molar-refractivity contribution in [3.63, 3.8) is 0 Å². The van der Waals surface area contributed by atoms with Crippen molar-refractivity contribution in [2.75, 3.05) is 20.3 Å². The lowest BCUT2D eigenvalue weighted by atomic mass is 9.71. The number of fused-ring (bicyclic) bond motifs is 3. The number of hydrogen-bond acceptors (Lipinski definition) is 14. The second kappa shape index (κ2) is 12.5. The number of Topliss-reactive ketones (excluding diaryl/α,β-unsaturated/α-hetero) is 1. The Hall–Kier alpha value is -3.80. The maximum atomic E-state index is 13.8. The zero-order valence-corrected chi connectivity index (χ0v) is 24.4. The van der Waals surface area contributed by atoms with Gasteiger partial charge in [-0.15, -0.1) is 0 Å². The molecule has 5 rings (SSSR count). The Kier molecular flexibility index (Phi) is 9.08. The number of benzene rings is 2. The molecule has 4 unspecified atom stereocenters. The number of aliphatic hydroxyl groups excluding tert-OH is 3. The first kappa shape index (κ1) is 32.6. The van der Waals surface area contributed by atoms with Crippen LogP contribution in [0.25, 0.3) is 0 Å². The average molecular weight is 631 g/mol. The van der Waals surface area contributed by atoms with Crippen LogP contribution < -0.4 is 10.8 Å². The molecule has 1 aliphatic heterocycles. The van der Waals surface area contributed by atoms with Crippen molar-refractivity contribution in [1.82, 2.24) is 10.8 Å². The SMILES string of the molecule is CONCC(=O)NC1CC(O[C@H]2C[C@](O)(C(=O)CO)Cc3c(O)c4c(c(O)c32)C(=O)c2c(CO)cccc2C4=O)OC(C)C1O. The molecule has 0 saturated carbocycles. The molecule has 2 aromatic rings. The fourth-order valence-electron chi connectivity index (χ4n) is 6.32. The highest BCUT2D eigenvalue weighted by molar-refractivity contribution is 6.31. The fraction of sp³-hybridized carbons (Fsp3) is 0.467. The Morgan fingerprint density at radius 3 is 2.47 bits per heavy atom. The second-order valence-corrected chi connectivity index (χ2v) is 11.3. The van der Waals surface area contributed by atoms with Gasteiger partial charge >= 0.3 is 0 Å². The summed E-state index contributed by atoms with van der Waals surface area (Å²) in [6.45, 7) is -0.358. The number of carbonyl (C=O) groups excluding carboxylic acids is 4. The van der Waals surface area contributed by atoms with Crippen molar-refractivity contribution in [1.29, 1.82) is 0 Å². The molecule has 15 heteroatoms. The largest absolute Gasteiger partial charge is 0.507 e. The van der Waals surface area contributed by atoms with Gasteiger partial charge in [-0.1, -0.05) is 18.2 Å². The van der Waals surface area contributed by atoms with Crippen molar-refractivity contribution in [2.45, 2.75) is 69.0 Å². The number of phenolic OH excluding ortho intramolecular Hbond substituents is 2. The van der Waals surface area contributed by atoms with E-state index in [9.17, 15) is 49.8 Å². The number of phenols is 2. The van der Waals surface area contributed by atoms with Gasteiger partial charge in [-0.2, -0.15) is 5.48 Å². The van der Waals surface area contributed by atoms with Crippen molar-refractivity contribution < 1.29 is 64.1 Å². The van der Waals surface area contributed by atoms with Crippen LogP contribution in [0, 0.1) is 0 Å². The molecule has 6 atom stereocenters. The molecule has 15 nitrogen and oxygen atoms in total. The minimum Gasteiger partial charge on any atom is -0.507 e. The molecule has 8 N–H and O–H groups in total. The van der Waals surface area contributed by atoms with E-state index in [-0.39, 0.29) is 40.8 Å². The number of rotatable bonds is 9. The highest BCUT2D eigenvalue weighted by Gasteiger charge is 2.50. The molecule has 0 spiro atoms. The first-order valence-electron chi connectivity index (χ1n) is 14.2. The minimum absolute atomic E-state index is 0.115. The summed E-state index contributed by atoms with van der Waals surface area (Å²) in [7, 11) is 1.32. The van der Waals surface area contributed by atoms with E-state index in [4.69, 9.17) is 9.47 Å². The molecule has 45 heavy (non-hydrogen) atoms. The van der Waals surface area contributed by atoms with E-state index < -0.39 is 108 Å². The number of ether oxygens (including phenoxy) is 2. The molecule has 0 bridgehead atoms. The molecule has 1 heterocycles. The van der Waals surface area contributed by atoms with Gasteiger partial charge in [0.2, 0.25) is 5.91 Å². The normalized spacial score (nSPS) is 27.4. The number of ketones is 3. The molecule has 2 aliphatic carbocycles. The van der Waals surface area contributed by atoms with Gasteiger partial charge in [-0.05, 0) is 12.5 Å². The lowest BCUT2D eigenvalue weighted by molar-refractivity contribution is -0.249. The third-order valence-corrected chi connectivity index (χ3v) is 8.56. The van der Waals surface area contributed by atoms with Crippen LogP contribution in [0.5, 0.6) is 11.5 Å². The summed E-state index contributed by atoms with van der Waals surface area (Å²) in [5.41, 5.74) is -1.62. The summed E-state index contributed by atoms with van der Waals surface area (Å²) >= 11 is 0. The van der Waals surface area contributed by atoms with E-state index in [1.807, 2.05) is 0 Å². The fourth-order valence-corrected chi connectivity index (χ4v) is 6.32.